The van der Waals surface area contributed by atoms with Crippen molar-refractivity contribution in [3.8, 4) is 44.8 Å². The number of aromatic nitrogens is 1. The van der Waals surface area contributed by atoms with Gasteiger partial charge < -0.3 is 4.42 Å². The smallest absolute Gasteiger partial charge is 0.144 e. The summed E-state index contributed by atoms with van der Waals surface area (Å²) in [5, 5.41) is 2.19. The van der Waals surface area contributed by atoms with Crippen LogP contribution in [0.4, 0.5) is 0 Å². The van der Waals surface area contributed by atoms with Gasteiger partial charge in [0.15, 0.2) is 0 Å². The minimum absolute atomic E-state index is 0.486. The van der Waals surface area contributed by atoms with E-state index in [4.69, 9.17) is 9.40 Å². The van der Waals surface area contributed by atoms with Gasteiger partial charge in [-0.1, -0.05) is 158 Å². The van der Waals surface area contributed by atoms with Crippen LogP contribution in [-0.2, 0) is 5.41 Å². The van der Waals surface area contributed by atoms with Gasteiger partial charge in [-0.25, -0.2) is 4.98 Å². The highest BCUT2D eigenvalue weighted by atomic mass is 16.3. The number of furan rings is 1. The maximum absolute atomic E-state index is 6.98. The van der Waals surface area contributed by atoms with Crippen LogP contribution in [0.1, 0.15) is 22.3 Å². The molecule has 0 saturated carbocycles. The van der Waals surface area contributed by atoms with Crippen LogP contribution < -0.4 is 0 Å². The molecule has 9 aromatic rings. The lowest BCUT2D eigenvalue weighted by molar-refractivity contribution is 0.667. The largest absolute Gasteiger partial charge is 0.455 e. The van der Waals surface area contributed by atoms with Crippen molar-refractivity contribution >= 4 is 21.9 Å². The average molecular weight is 638 g/mol. The van der Waals surface area contributed by atoms with Gasteiger partial charge in [0, 0.05) is 21.9 Å². The first kappa shape index (κ1) is 28.5. The molecule has 2 heteroatoms. The van der Waals surface area contributed by atoms with Gasteiger partial charge in [-0.15, -0.1) is 0 Å². The van der Waals surface area contributed by atoms with Crippen LogP contribution in [0.25, 0.3) is 66.7 Å². The summed E-state index contributed by atoms with van der Waals surface area (Å²) in [4.78, 5) is 5.25. The van der Waals surface area contributed by atoms with E-state index < -0.39 is 5.41 Å². The summed E-state index contributed by atoms with van der Waals surface area (Å²) in [6.07, 6.45) is 0. The highest BCUT2D eigenvalue weighted by molar-refractivity contribution is 6.12. The van der Waals surface area contributed by atoms with Gasteiger partial charge in [0.2, 0.25) is 0 Å². The predicted octanol–water partition coefficient (Wildman–Crippen LogP) is 12.3. The Morgan fingerprint density at radius 3 is 1.66 bits per heavy atom. The van der Waals surface area contributed by atoms with Gasteiger partial charge in [0.1, 0.15) is 11.2 Å². The highest BCUT2D eigenvalue weighted by Crippen LogP contribution is 2.57. The van der Waals surface area contributed by atoms with E-state index in [1.807, 2.05) is 6.07 Å². The second kappa shape index (κ2) is 11.3. The SMILES string of the molecule is c1ccc(-c2cc(-c3ccccc3)nc(-c3cccc4c3oc3cc5c(cc34)-c3ccccc3C5(c3ccccc3)c3ccccc3)c2)cc1. The van der Waals surface area contributed by atoms with E-state index in [1.165, 1.54) is 33.4 Å². The predicted molar refractivity (Wildman–Crippen MR) is 205 cm³/mol. The van der Waals surface area contributed by atoms with Crippen LogP contribution in [0.2, 0.25) is 0 Å². The van der Waals surface area contributed by atoms with Crippen molar-refractivity contribution in [2.45, 2.75) is 5.41 Å². The number of rotatable bonds is 5. The molecule has 0 saturated heterocycles. The summed E-state index contributed by atoms with van der Waals surface area (Å²) in [5.74, 6) is 0. The first-order valence-corrected chi connectivity index (χ1v) is 17.1. The molecule has 0 fully saturated rings. The van der Waals surface area contributed by atoms with Crippen molar-refractivity contribution in [2.75, 3.05) is 0 Å². The van der Waals surface area contributed by atoms with E-state index in [1.54, 1.807) is 0 Å². The van der Waals surface area contributed by atoms with E-state index in [-0.39, 0.29) is 0 Å². The van der Waals surface area contributed by atoms with E-state index in [9.17, 15) is 0 Å². The molecule has 0 radical (unpaired) electrons. The molecule has 0 aliphatic heterocycles. The van der Waals surface area contributed by atoms with Gasteiger partial charge >= 0.3 is 0 Å². The summed E-state index contributed by atoms with van der Waals surface area (Å²) in [6.45, 7) is 0. The minimum Gasteiger partial charge on any atom is -0.455 e. The second-order valence-electron chi connectivity index (χ2n) is 13.1. The zero-order valence-corrected chi connectivity index (χ0v) is 27.3. The summed E-state index contributed by atoms with van der Waals surface area (Å²) in [5.41, 5.74) is 14.9. The zero-order chi connectivity index (χ0) is 33.1. The third-order valence-corrected chi connectivity index (χ3v) is 10.4. The van der Waals surface area contributed by atoms with Crippen LogP contribution in [0, 0.1) is 0 Å². The molecule has 7 aromatic carbocycles. The molecule has 0 bridgehead atoms. The van der Waals surface area contributed by atoms with Crippen molar-refractivity contribution in [1.29, 1.82) is 0 Å². The average Bonchev–Trinajstić information content (AvgIpc) is 3.71. The van der Waals surface area contributed by atoms with Crippen molar-refractivity contribution in [3.63, 3.8) is 0 Å². The van der Waals surface area contributed by atoms with Gasteiger partial charge in [-0.2, -0.15) is 0 Å². The van der Waals surface area contributed by atoms with Crippen LogP contribution in [-0.4, -0.2) is 4.98 Å². The Balaban J connectivity index is 1.24. The molecule has 2 aromatic heterocycles. The van der Waals surface area contributed by atoms with Crippen LogP contribution in [0.3, 0.4) is 0 Å². The molecule has 0 N–H and O–H groups in total. The molecule has 2 heterocycles. The topological polar surface area (TPSA) is 26.0 Å². The molecule has 1 aliphatic carbocycles. The summed E-state index contributed by atoms with van der Waals surface area (Å²) < 4.78 is 6.98. The normalized spacial score (nSPS) is 13.0. The summed E-state index contributed by atoms with van der Waals surface area (Å²) in [7, 11) is 0. The molecular formula is C48H31NO. The Bertz CT molecular complexity index is 2580. The number of hydrogen-bond donors (Lipinski definition) is 0. The third-order valence-electron chi connectivity index (χ3n) is 10.4. The first-order chi connectivity index (χ1) is 24.8. The first-order valence-electron chi connectivity index (χ1n) is 17.1. The summed E-state index contributed by atoms with van der Waals surface area (Å²) in [6, 6.07) is 67.1. The van der Waals surface area contributed by atoms with E-state index in [0.29, 0.717) is 0 Å². The Hall–Kier alpha value is -6.51. The molecule has 50 heavy (non-hydrogen) atoms. The monoisotopic (exact) mass is 637 g/mol. The molecule has 2 nitrogen and oxygen atoms in total. The van der Waals surface area contributed by atoms with Crippen molar-refractivity contribution < 1.29 is 4.42 Å². The quantitative estimate of drug-likeness (QED) is 0.188. The lowest BCUT2D eigenvalue weighted by atomic mass is 9.67. The molecule has 0 spiro atoms. The van der Waals surface area contributed by atoms with Crippen LogP contribution >= 0.6 is 0 Å². The lowest BCUT2D eigenvalue weighted by Gasteiger charge is -2.33. The Labute approximate surface area is 291 Å². The minimum atomic E-state index is -0.486. The number of pyridine rings is 1. The van der Waals surface area contributed by atoms with Gasteiger partial charge in [-0.3, -0.25) is 0 Å². The summed E-state index contributed by atoms with van der Waals surface area (Å²) >= 11 is 0. The maximum Gasteiger partial charge on any atom is 0.144 e. The van der Waals surface area contributed by atoms with Gasteiger partial charge in [-0.05, 0) is 74.8 Å². The van der Waals surface area contributed by atoms with Crippen LogP contribution in [0.5, 0.6) is 0 Å². The van der Waals surface area contributed by atoms with Gasteiger partial charge in [0.05, 0.1) is 16.8 Å². The molecule has 0 unspecified atom stereocenters. The zero-order valence-electron chi connectivity index (χ0n) is 27.3. The lowest BCUT2D eigenvalue weighted by Crippen LogP contribution is -2.28. The van der Waals surface area contributed by atoms with Crippen molar-refractivity contribution in [2.24, 2.45) is 0 Å². The fourth-order valence-corrected chi connectivity index (χ4v) is 8.16. The molecule has 10 rings (SSSR count). The number of para-hydroxylation sites is 1. The van der Waals surface area contributed by atoms with E-state index in [2.05, 4.69) is 182 Å². The number of benzene rings is 7. The molecule has 234 valence electrons. The van der Waals surface area contributed by atoms with Crippen LogP contribution in [0.15, 0.2) is 192 Å². The fourth-order valence-electron chi connectivity index (χ4n) is 8.16. The third kappa shape index (κ3) is 4.25. The molecule has 0 atom stereocenters. The number of fused-ring (bicyclic) bond motifs is 6. The number of nitrogens with zero attached hydrogens (tertiary/aromatic N) is 1. The van der Waals surface area contributed by atoms with Crippen molar-refractivity contribution in [1.82, 2.24) is 4.98 Å². The van der Waals surface area contributed by atoms with Crippen molar-refractivity contribution in [3.05, 3.63) is 210 Å². The van der Waals surface area contributed by atoms with E-state index in [0.717, 1.165) is 55.6 Å². The Kier molecular flexibility index (Phi) is 6.43. The Morgan fingerprint density at radius 2 is 0.960 bits per heavy atom. The second-order valence-corrected chi connectivity index (χ2v) is 13.1. The van der Waals surface area contributed by atoms with Gasteiger partial charge in [0.25, 0.3) is 0 Å². The molecular weight excluding hydrogens is 607 g/mol. The standard InChI is InChI=1S/C48H31NO/c1-5-16-32(17-6-1)34-28-44(33-18-7-2-8-19-33)49-45(29-34)39-26-15-25-38-41-30-40-37-24-13-14-27-42(37)48(35-20-9-3-10-21-35,36-22-11-4-12-23-36)43(40)31-46(41)50-47(38)39/h1-31H. The molecule has 1 aliphatic rings. The Morgan fingerprint density at radius 1 is 0.380 bits per heavy atom. The maximum atomic E-state index is 6.98. The fraction of sp³-hybridized carbons (Fsp3) is 0.0208. The molecule has 0 amide bonds. The highest BCUT2D eigenvalue weighted by Gasteiger charge is 2.46. The number of hydrogen-bond acceptors (Lipinski definition) is 2. The van der Waals surface area contributed by atoms with E-state index >= 15 is 0 Å².